The monoisotopic (exact) mass is 134 g/mol. The summed E-state index contributed by atoms with van der Waals surface area (Å²) in [7, 11) is 0. The highest BCUT2D eigenvalue weighted by Crippen LogP contribution is 2.45. The molecule has 0 aromatic carbocycles. The third-order valence-corrected chi connectivity index (χ3v) is 2.92. The van der Waals surface area contributed by atoms with Gasteiger partial charge in [0, 0.05) is 0 Å². The first-order valence-corrected chi connectivity index (χ1v) is 4.18. The first kappa shape index (κ1) is 6.21. The van der Waals surface area contributed by atoms with Crippen molar-refractivity contribution in [3.05, 3.63) is 23.8 Å². The maximum Gasteiger partial charge on any atom is -0.00726 e. The molecule has 2 aliphatic carbocycles. The summed E-state index contributed by atoms with van der Waals surface area (Å²) < 4.78 is 0. The average molecular weight is 134 g/mol. The van der Waals surface area contributed by atoms with Crippen LogP contribution in [0.1, 0.15) is 32.6 Å². The first-order valence-electron chi connectivity index (χ1n) is 4.18. The van der Waals surface area contributed by atoms with Crippen LogP contribution in [0.5, 0.6) is 0 Å². The number of fused-ring (bicyclic) bond motifs is 1. The van der Waals surface area contributed by atoms with Gasteiger partial charge in [0.25, 0.3) is 0 Å². The summed E-state index contributed by atoms with van der Waals surface area (Å²) in [6.45, 7) is 2.40. The van der Waals surface area contributed by atoms with Crippen molar-refractivity contribution in [1.82, 2.24) is 0 Å². The van der Waals surface area contributed by atoms with Crippen molar-refractivity contribution in [1.29, 1.82) is 0 Å². The second kappa shape index (κ2) is 1.98. The third-order valence-electron chi connectivity index (χ3n) is 2.92. The molecule has 0 aromatic heterocycles. The molecule has 1 atom stereocenters. The fourth-order valence-electron chi connectivity index (χ4n) is 2.09. The summed E-state index contributed by atoms with van der Waals surface area (Å²) in [6.07, 6.45) is 12.4. The largest absolute Gasteiger partial charge is 0.0842 e. The van der Waals surface area contributed by atoms with Crippen molar-refractivity contribution in [3.8, 4) is 0 Å². The van der Waals surface area contributed by atoms with E-state index in [9.17, 15) is 0 Å². The zero-order valence-corrected chi connectivity index (χ0v) is 6.56. The Morgan fingerprint density at radius 1 is 1.30 bits per heavy atom. The first-order chi connectivity index (χ1) is 4.81. The lowest BCUT2D eigenvalue weighted by Gasteiger charge is -2.28. The standard InChI is InChI=1S/C10H14/c1-10-7-3-2-5-9(10)6-4-8-10/h2,5-6H,3-4,7-8H2,1H3. The Hall–Kier alpha value is -0.520. The predicted molar refractivity (Wildman–Crippen MR) is 43.8 cm³/mol. The van der Waals surface area contributed by atoms with E-state index in [1.165, 1.54) is 25.7 Å². The summed E-state index contributed by atoms with van der Waals surface area (Å²) in [6, 6.07) is 0. The molecule has 0 N–H and O–H groups in total. The van der Waals surface area contributed by atoms with Crippen LogP contribution in [0.25, 0.3) is 0 Å². The second-order valence-electron chi connectivity index (χ2n) is 3.70. The van der Waals surface area contributed by atoms with Crippen molar-refractivity contribution in [3.63, 3.8) is 0 Å². The van der Waals surface area contributed by atoms with Crippen LogP contribution in [0.15, 0.2) is 23.8 Å². The van der Waals surface area contributed by atoms with E-state index in [0.29, 0.717) is 5.41 Å². The number of hydrogen-bond donors (Lipinski definition) is 0. The van der Waals surface area contributed by atoms with Crippen LogP contribution in [0.4, 0.5) is 0 Å². The van der Waals surface area contributed by atoms with Gasteiger partial charge in [0.05, 0.1) is 0 Å². The van der Waals surface area contributed by atoms with Crippen LogP contribution in [0.3, 0.4) is 0 Å². The maximum absolute atomic E-state index is 2.40. The predicted octanol–water partition coefficient (Wildman–Crippen LogP) is 3.06. The summed E-state index contributed by atoms with van der Waals surface area (Å²) in [5.74, 6) is 0. The van der Waals surface area contributed by atoms with Gasteiger partial charge in [-0.3, -0.25) is 0 Å². The Kier molecular flexibility index (Phi) is 1.23. The number of hydrogen-bond acceptors (Lipinski definition) is 0. The van der Waals surface area contributed by atoms with Crippen LogP contribution >= 0.6 is 0 Å². The minimum absolute atomic E-state index is 0.564. The van der Waals surface area contributed by atoms with Gasteiger partial charge in [0.1, 0.15) is 0 Å². The molecular weight excluding hydrogens is 120 g/mol. The summed E-state index contributed by atoms with van der Waals surface area (Å²) >= 11 is 0. The van der Waals surface area contributed by atoms with Gasteiger partial charge in [-0.2, -0.15) is 0 Å². The Balaban J connectivity index is 2.35. The summed E-state index contributed by atoms with van der Waals surface area (Å²) in [5.41, 5.74) is 2.16. The smallest absolute Gasteiger partial charge is 0.00726 e. The molecule has 0 saturated carbocycles. The molecule has 0 amide bonds. The van der Waals surface area contributed by atoms with Gasteiger partial charge >= 0.3 is 0 Å². The van der Waals surface area contributed by atoms with E-state index in [4.69, 9.17) is 0 Å². The van der Waals surface area contributed by atoms with E-state index in [2.05, 4.69) is 25.2 Å². The lowest BCUT2D eigenvalue weighted by atomic mass is 9.76. The highest BCUT2D eigenvalue weighted by molar-refractivity contribution is 5.32. The molecule has 0 radical (unpaired) electrons. The van der Waals surface area contributed by atoms with Gasteiger partial charge in [-0.25, -0.2) is 0 Å². The minimum Gasteiger partial charge on any atom is -0.0842 e. The fourth-order valence-corrected chi connectivity index (χ4v) is 2.09. The maximum atomic E-state index is 2.40. The molecule has 0 fully saturated rings. The van der Waals surface area contributed by atoms with Gasteiger partial charge in [0.15, 0.2) is 0 Å². The SMILES string of the molecule is CC12CCC=CC1=CCC2. The number of rotatable bonds is 0. The van der Waals surface area contributed by atoms with E-state index in [-0.39, 0.29) is 0 Å². The van der Waals surface area contributed by atoms with Crippen molar-refractivity contribution in [2.45, 2.75) is 32.6 Å². The Morgan fingerprint density at radius 3 is 2.90 bits per heavy atom. The molecule has 2 aliphatic rings. The van der Waals surface area contributed by atoms with Gasteiger partial charge < -0.3 is 0 Å². The van der Waals surface area contributed by atoms with Crippen molar-refractivity contribution in [2.24, 2.45) is 5.41 Å². The van der Waals surface area contributed by atoms with Crippen LogP contribution < -0.4 is 0 Å². The zero-order chi connectivity index (χ0) is 7.03. The normalized spacial score (nSPS) is 37.5. The summed E-state index contributed by atoms with van der Waals surface area (Å²) in [5, 5.41) is 0. The molecule has 0 aliphatic heterocycles. The molecule has 10 heavy (non-hydrogen) atoms. The molecule has 0 nitrogen and oxygen atoms in total. The van der Waals surface area contributed by atoms with E-state index >= 15 is 0 Å². The Bertz CT molecular complexity index is 198. The number of allylic oxidation sites excluding steroid dienone is 4. The van der Waals surface area contributed by atoms with Crippen molar-refractivity contribution in [2.75, 3.05) is 0 Å². The van der Waals surface area contributed by atoms with E-state index in [1.807, 2.05) is 0 Å². The van der Waals surface area contributed by atoms with E-state index in [1.54, 1.807) is 5.57 Å². The van der Waals surface area contributed by atoms with Gasteiger partial charge in [-0.15, -0.1) is 0 Å². The highest BCUT2D eigenvalue weighted by atomic mass is 14.4. The molecular formula is C10H14. The van der Waals surface area contributed by atoms with Crippen molar-refractivity contribution >= 4 is 0 Å². The average Bonchev–Trinajstić information content (AvgIpc) is 2.29. The van der Waals surface area contributed by atoms with Gasteiger partial charge in [-0.1, -0.05) is 25.2 Å². The quantitative estimate of drug-likeness (QED) is 0.477. The molecule has 0 saturated heterocycles. The molecule has 0 bridgehead atoms. The summed E-state index contributed by atoms with van der Waals surface area (Å²) in [4.78, 5) is 0. The fraction of sp³-hybridized carbons (Fsp3) is 0.600. The van der Waals surface area contributed by atoms with Crippen LogP contribution in [0.2, 0.25) is 0 Å². The zero-order valence-electron chi connectivity index (χ0n) is 6.56. The molecule has 0 aromatic rings. The van der Waals surface area contributed by atoms with Crippen LogP contribution in [0, 0.1) is 5.41 Å². The Labute approximate surface area is 62.6 Å². The molecule has 0 heterocycles. The second-order valence-corrected chi connectivity index (χ2v) is 3.70. The lowest BCUT2D eigenvalue weighted by molar-refractivity contribution is 0.364. The molecule has 0 heteroatoms. The molecule has 2 rings (SSSR count). The van der Waals surface area contributed by atoms with Gasteiger partial charge in [-0.05, 0) is 36.7 Å². The van der Waals surface area contributed by atoms with E-state index < -0.39 is 0 Å². The molecule has 1 unspecified atom stereocenters. The van der Waals surface area contributed by atoms with E-state index in [0.717, 1.165) is 0 Å². The third kappa shape index (κ3) is 0.749. The molecule has 0 spiro atoms. The molecule has 54 valence electrons. The lowest BCUT2D eigenvalue weighted by Crippen LogP contribution is -2.16. The Morgan fingerprint density at radius 2 is 2.10 bits per heavy atom. The highest BCUT2D eigenvalue weighted by Gasteiger charge is 2.31. The van der Waals surface area contributed by atoms with Crippen LogP contribution in [-0.2, 0) is 0 Å². The minimum atomic E-state index is 0.564. The van der Waals surface area contributed by atoms with Crippen molar-refractivity contribution < 1.29 is 0 Å². The topological polar surface area (TPSA) is 0 Å². The van der Waals surface area contributed by atoms with Gasteiger partial charge in [0.2, 0.25) is 0 Å². The van der Waals surface area contributed by atoms with Crippen LogP contribution in [-0.4, -0.2) is 0 Å².